The lowest BCUT2D eigenvalue weighted by Crippen LogP contribution is -2.00. The predicted molar refractivity (Wildman–Crippen MR) is 229 cm³/mol. The summed E-state index contributed by atoms with van der Waals surface area (Å²) in [4.78, 5) is 15.7. The van der Waals surface area contributed by atoms with E-state index in [2.05, 4.69) is 146 Å². The van der Waals surface area contributed by atoms with Crippen LogP contribution in [-0.4, -0.2) is 15.0 Å². The minimum atomic E-state index is 0.579. The fraction of sp³-hybridized carbons (Fsp3) is 0. The lowest BCUT2D eigenvalue weighted by molar-refractivity contribution is 0.669. The topological polar surface area (TPSA) is 65.0 Å². The molecule has 0 N–H and O–H groups in total. The Labute approximate surface area is 320 Å². The van der Waals surface area contributed by atoms with Gasteiger partial charge in [-0.3, -0.25) is 0 Å². The average Bonchev–Trinajstić information content (AvgIpc) is 3.84. The molecule has 0 fully saturated rings. The molecule has 0 amide bonds. The van der Waals surface area contributed by atoms with Gasteiger partial charge in [0, 0.05) is 38.2 Å². The molecule has 0 atom stereocenters. The molecule has 0 spiro atoms. The third-order valence-corrected chi connectivity index (χ3v) is 11.1. The molecule has 0 bridgehead atoms. The van der Waals surface area contributed by atoms with E-state index in [0.717, 1.165) is 93.2 Å². The summed E-state index contributed by atoms with van der Waals surface area (Å²) in [7, 11) is 0. The van der Waals surface area contributed by atoms with E-state index < -0.39 is 0 Å². The van der Waals surface area contributed by atoms with Gasteiger partial charge < -0.3 is 8.83 Å². The number of benzene rings is 9. The molecule has 0 unspecified atom stereocenters. The second-order valence-corrected chi connectivity index (χ2v) is 14.4. The summed E-state index contributed by atoms with van der Waals surface area (Å²) in [6, 6.07) is 61.0. The molecule has 3 aromatic heterocycles. The molecular formula is C51H29N3O2. The van der Waals surface area contributed by atoms with Crippen molar-refractivity contribution >= 4 is 76.2 Å². The molecule has 12 rings (SSSR count). The molecule has 0 saturated carbocycles. The van der Waals surface area contributed by atoms with Crippen LogP contribution in [0.25, 0.3) is 121 Å². The van der Waals surface area contributed by atoms with Crippen LogP contribution >= 0.6 is 0 Å². The second kappa shape index (κ2) is 11.9. The van der Waals surface area contributed by atoms with E-state index in [4.69, 9.17) is 23.8 Å². The van der Waals surface area contributed by atoms with Crippen LogP contribution in [-0.2, 0) is 0 Å². The number of aromatic nitrogens is 3. The fourth-order valence-electron chi connectivity index (χ4n) is 8.40. The molecule has 0 aliphatic heterocycles. The molecule has 12 aromatic rings. The van der Waals surface area contributed by atoms with Crippen molar-refractivity contribution in [2.75, 3.05) is 0 Å². The van der Waals surface area contributed by atoms with E-state index in [1.54, 1.807) is 0 Å². The van der Waals surface area contributed by atoms with Gasteiger partial charge in [0.05, 0.1) is 0 Å². The van der Waals surface area contributed by atoms with E-state index in [9.17, 15) is 0 Å². The van der Waals surface area contributed by atoms with Crippen molar-refractivity contribution in [3.8, 4) is 45.3 Å². The maximum Gasteiger partial charge on any atom is 0.164 e. The SMILES string of the molecule is c1ccc(-c2ccc3c(c2)oc2cccc(-c4nc(-c5ccc6ccc7ccccc7c6c5)nc(-c5ccc6ccc7oc8ccccc8c7c6c5)n4)c23)cc1. The molecule has 5 nitrogen and oxygen atoms in total. The highest BCUT2D eigenvalue weighted by molar-refractivity contribution is 6.19. The number of furan rings is 2. The first-order chi connectivity index (χ1) is 27.7. The van der Waals surface area contributed by atoms with Gasteiger partial charge in [-0.05, 0) is 85.9 Å². The summed E-state index contributed by atoms with van der Waals surface area (Å²) < 4.78 is 12.8. The van der Waals surface area contributed by atoms with Crippen LogP contribution < -0.4 is 0 Å². The number of para-hydroxylation sites is 1. The first-order valence-corrected chi connectivity index (χ1v) is 18.8. The fourth-order valence-corrected chi connectivity index (χ4v) is 8.40. The predicted octanol–water partition coefficient (Wildman–Crippen LogP) is 13.8. The summed E-state index contributed by atoms with van der Waals surface area (Å²) in [5, 5.41) is 11.1. The second-order valence-electron chi connectivity index (χ2n) is 14.4. The third kappa shape index (κ3) is 4.78. The van der Waals surface area contributed by atoms with Crippen molar-refractivity contribution in [1.29, 1.82) is 0 Å². The molecule has 0 aliphatic rings. The van der Waals surface area contributed by atoms with Crippen molar-refractivity contribution in [3.63, 3.8) is 0 Å². The van der Waals surface area contributed by atoms with Crippen LogP contribution in [0.5, 0.6) is 0 Å². The molecule has 0 radical (unpaired) electrons. The first-order valence-electron chi connectivity index (χ1n) is 18.8. The normalized spacial score (nSPS) is 11.9. The number of rotatable bonds is 4. The first kappa shape index (κ1) is 30.8. The highest BCUT2D eigenvalue weighted by Crippen LogP contribution is 2.40. The van der Waals surface area contributed by atoms with E-state index in [0.29, 0.717) is 17.5 Å². The highest BCUT2D eigenvalue weighted by atomic mass is 16.3. The van der Waals surface area contributed by atoms with Gasteiger partial charge >= 0.3 is 0 Å². The van der Waals surface area contributed by atoms with Crippen molar-refractivity contribution in [2.45, 2.75) is 0 Å². The van der Waals surface area contributed by atoms with Crippen molar-refractivity contribution in [2.24, 2.45) is 0 Å². The summed E-state index contributed by atoms with van der Waals surface area (Å²) in [6.07, 6.45) is 0. The number of fused-ring (bicyclic) bond motifs is 11. The van der Waals surface area contributed by atoms with Crippen LogP contribution in [0, 0.1) is 0 Å². The number of nitrogens with zero attached hydrogens (tertiary/aromatic N) is 3. The molecular weight excluding hydrogens is 687 g/mol. The van der Waals surface area contributed by atoms with E-state index in [1.165, 1.54) is 10.8 Å². The molecule has 5 heteroatoms. The van der Waals surface area contributed by atoms with Crippen LogP contribution in [0.3, 0.4) is 0 Å². The van der Waals surface area contributed by atoms with Gasteiger partial charge in [0.1, 0.15) is 22.3 Å². The molecule has 9 aromatic carbocycles. The van der Waals surface area contributed by atoms with Crippen molar-refractivity contribution in [3.05, 3.63) is 176 Å². The lowest BCUT2D eigenvalue weighted by Gasteiger charge is -2.11. The van der Waals surface area contributed by atoms with Gasteiger partial charge in [0.15, 0.2) is 17.5 Å². The van der Waals surface area contributed by atoms with Crippen molar-refractivity contribution in [1.82, 2.24) is 15.0 Å². The van der Waals surface area contributed by atoms with E-state index in [1.807, 2.05) is 30.3 Å². The maximum atomic E-state index is 6.53. The molecule has 56 heavy (non-hydrogen) atoms. The Hall–Kier alpha value is -7.63. The van der Waals surface area contributed by atoms with Crippen molar-refractivity contribution < 1.29 is 8.83 Å². The molecule has 0 saturated heterocycles. The molecule has 0 aliphatic carbocycles. The summed E-state index contributed by atoms with van der Waals surface area (Å²) in [5.41, 5.74) is 8.25. The zero-order valence-corrected chi connectivity index (χ0v) is 29.9. The van der Waals surface area contributed by atoms with Gasteiger partial charge in [-0.2, -0.15) is 0 Å². The number of hydrogen-bond acceptors (Lipinski definition) is 5. The lowest BCUT2D eigenvalue weighted by atomic mass is 9.99. The Balaban J connectivity index is 1.10. The van der Waals surface area contributed by atoms with Crippen LogP contribution in [0.15, 0.2) is 185 Å². The Morgan fingerprint density at radius 2 is 0.857 bits per heavy atom. The van der Waals surface area contributed by atoms with Crippen LogP contribution in [0.2, 0.25) is 0 Å². The Morgan fingerprint density at radius 3 is 1.70 bits per heavy atom. The Morgan fingerprint density at radius 1 is 0.286 bits per heavy atom. The minimum Gasteiger partial charge on any atom is -0.456 e. The largest absolute Gasteiger partial charge is 0.456 e. The smallest absolute Gasteiger partial charge is 0.164 e. The summed E-state index contributed by atoms with van der Waals surface area (Å²) >= 11 is 0. The van der Waals surface area contributed by atoms with E-state index >= 15 is 0 Å². The van der Waals surface area contributed by atoms with Gasteiger partial charge in [0.25, 0.3) is 0 Å². The van der Waals surface area contributed by atoms with Crippen LogP contribution in [0.4, 0.5) is 0 Å². The Bertz CT molecular complexity index is 3550. The van der Waals surface area contributed by atoms with Gasteiger partial charge in [-0.1, -0.05) is 133 Å². The third-order valence-electron chi connectivity index (χ3n) is 11.1. The zero-order valence-electron chi connectivity index (χ0n) is 29.9. The van der Waals surface area contributed by atoms with E-state index in [-0.39, 0.29) is 0 Å². The zero-order chi connectivity index (χ0) is 36.7. The standard InChI is InChI=1S/C51H29N3O2/c1-2-9-30(10-3-1)34-23-25-39-46(29-34)56-44-16-8-14-40(47(39)44)51-53-49(35-21-19-32-18-17-31-11-4-5-12-37(31)41(32)27-35)52-50(54-51)36-22-20-33-24-26-45-48(42(33)28-36)38-13-6-7-15-43(38)55-45/h1-29H. The monoisotopic (exact) mass is 715 g/mol. The summed E-state index contributed by atoms with van der Waals surface area (Å²) in [6.45, 7) is 0. The van der Waals surface area contributed by atoms with Gasteiger partial charge in [-0.15, -0.1) is 0 Å². The molecule has 260 valence electrons. The highest BCUT2D eigenvalue weighted by Gasteiger charge is 2.20. The van der Waals surface area contributed by atoms with Gasteiger partial charge in [-0.25, -0.2) is 15.0 Å². The van der Waals surface area contributed by atoms with Crippen LogP contribution in [0.1, 0.15) is 0 Å². The molecule has 3 heterocycles. The maximum absolute atomic E-state index is 6.53. The summed E-state index contributed by atoms with van der Waals surface area (Å²) in [5.74, 6) is 1.77. The quantitative estimate of drug-likeness (QED) is 0.170. The number of hydrogen-bond donors (Lipinski definition) is 0. The minimum absolute atomic E-state index is 0.579. The van der Waals surface area contributed by atoms with Gasteiger partial charge in [0.2, 0.25) is 0 Å². The Kier molecular flexibility index (Phi) is 6.56. The average molecular weight is 716 g/mol.